The standard InChI is InChI=1S/C12H17NO4S/c1-13-18(15,16)11-5-3-4-10(12(11)17-2)8-6-9(14)7-8/h3-5,8-9,13-14H,6-7H2,1-2H3. The number of aliphatic hydroxyl groups excluding tert-OH is 1. The summed E-state index contributed by atoms with van der Waals surface area (Å²) in [7, 11) is -0.702. The zero-order valence-electron chi connectivity index (χ0n) is 10.4. The zero-order chi connectivity index (χ0) is 13.3. The van der Waals surface area contributed by atoms with Crippen molar-refractivity contribution in [1.29, 1.82) is 0 Å². The van der Waals surface area contributed by atoms with E-state index in [1.165, 1.54) is 20.2 Å². The quantitative estimate of drug-likeness (QED) is 0.851. The largest absolute Gasteiger partial charge is 0.495 e. The molecule has 0 heterocycles. The van der Waals surface area contributed by atoms with Gasteiger partial charge in [0.05, 0.1) is 13.2 Å². The molecule has 100 valence electrons. The highest BCUT2D eigenvalue weighted by molar-refractivity contribution is 7.89. The fraction of sp³-hybridized carbons (Fsp3) is 0.500. The first-order chi connectivity index (χ1) is 8.49. The van der Waals surface area contributed by atoms with E-state index in [0.717, 1.165) is 5.56 Å². The molecule has 18 heavy (non-hydrogen) atoms. The summed E-state index contributed by atoms with van der Waals surface area (Å²) in [6.07, 6.45) is 1.02. The molecule has 0 unspecified atom stereocenters. The van der Waals surface area contributed by atoms with Crippen LogP contribution in [0.5, 0.6) is 5.75 Å². The summed E-state index contributed by atoms with van der Waals surface area (Å²) in [5.41, 5.74) is 0.846. The number of aliphatic hydroxyl groups is 1. The Labute approximate surface area is 107 Å². The van der Waals surface area contributed by atoms with Gasteiger partial charge in [0.15, 0.2) is 0 Å². The van der Waals surface area contributed by atoms with Crippen LogP contribution in [0.1, 0.15) is 24.3 Å². The molecular formula is C12H17NO4S. The van der Waals surface area contributed by atoms with E-state index in [1.54, 1.807) is 6.07 Å². The van der Waals surface area contributed by atoms with E-state index in [9.17, 15) is 13.5 Å². The fourth-order valence-corrected chi connectivity index (χ4v) is 3.16. The van der Waals surface area contributed by atoms with E-state index in [0.29, 0.717) is 18.6 Å². The van der Waals surface area contributed by atoms with Crippen LogP contribution >= 0.6 is 0 Å². The Kier molecular flexibility index (Phi) is 3.61. The minimum atomic E-state index is -3.53. The lowest BCUT2D eigenvalue weighted by Crippen LogP contribution is -2.27. The summed E-state index contributed by atoms with van der Waals surface area (Å²) < 4.78 is 31.3. The lowest BCUT2D eigenvalue weighted by atomic mass is 9.77. The number of para-hydroxylation sites is 1. The van der Waals surface area contributed by atoms with Crippen LogP contribution in [0.15, 0.2) is 23.1 Å². The maximum absolute atomic E-state index is 11.9. The number of sulfonamides is 1. The lowest BCUT2D eigenvalue weighted by Gasteiger charge is -2.33. The van der Waals surface area contributed by atoms with E-state index >= 15 is 0 Å². The molecule has 1 aliphatic carbocycles. The highest BCUT2D eigenvalue weighted by atomic mass is 32.2. The van der Waals surface area contributed by atoms with Crippen molar-refractivity contribution in [3.05, 3.63) is 23.8 Å². The van der Waals surface area contributed by atoms with Gasteiger partial charge in [-0.25, -0.2) is 13.1 Å². The van der Waals surface area contributed by atoms with Gasteiger partial charge in [-0.3, -0.25) is 0 Å². The molecule has 1 aromatic rings. The van der Waals surface area contributed by atoms with Gasteiger partial charge in [-0.1, -0.05) is 12.1 Å². The number of benzene rings is 1. The minimum Gasteiger partial charge on any atom is -0.495 e. The van der Waals surface area contributed by atoms with Gasteiger partial charge in [-0.15, -0.1) is 0 Å². The maximum atomic E-state index is 11.9. The fourth-order valence-electron chi connectivity index (χ4n) is 2.24. The van der Waals surface area contributed by atoms with Crippen molar-refractivity contribution in [3.8, 4) is 5.75 Å². The van der Waals surface area contributed by atoms with Gasteiger partial charge in [0, 0.05) is 0 Å². The summed E-state index contributed by atoms with van der Waals surface area (Å²) in [5, 5.41) is 9.35. The summed E-state index contributed by atoms with van der Waals surface area (Å²) in [4.78, 5) is 0.145. The molecule has 0 amide bonds. The molecule has 1 saturated carbocycles. The van der Waals surface area contributed by atoms with Crippen molar-refractivity contribution >= 4 is 10.0 Å². The Morgan fingerprint density at radius 2 is 2.06 bits per heavy atom. The summed E-state index contributed by atoms with van der Waals surface area (Å²) in [6, 6.07) is 5.07. The summed E-state index contributed by atoms with van der Waals surface area (Å²) >= 11 is 0. The van der Waals surface area contributed by atoms with Gasteiger partial charge in [-0.2, -0.15) is 0 Å². The van der Waals surface area contributed by atoms with Crippen molar-refractivity contribution in [2.24, 2.45) is 0 Å². The second kappa shape index (κ2) is 4.87. The van der Waals surface area contributed by atoms with Crippen molar-refractivity contribution < 1.29 is 18.3 Å². The third-order valence-electron chi connectivity index (χ3n) is 3.32. The van der Waals surface area contributed by atoms with Crippen LogP contribution < -0.4 is 9.46 Å². The molecule has 2 rings (SSSR count). The number of nitrogens with one attached hydrogen (secondary N) is 1. The smallest absolute Gasteiger partial charge is 0.244 e. The molecule has 0 radical (unpaired) electrons. The molecule has 1 fully saturated rings. The third-order valence-corrected chi connectivity index (χ3v) is 4.76. The molecule has 5 nitrogen and oxygen atoms in total. The number of rotatable bonds is 4. The number of hydrogen-bond donors (Lipinski definition) is 2. The average molecular weight is 271 g/mol. The van der Waals surface area contributed by atoms with Crippen LogP contribution in [-0.4, -0.2) is 33.8 Å². The van der Waals surface area contributed by atoms with Crippen LogP contribution in [0.2, 0.25) is 0 Å². The van der Waals surface area contributed by atoms with Crippen LogP contribution in [0.3, 0.4) is 0 Å². The summed E-state index contributed by atoms with van der Waals surface area (Å²) in [5.74, 6) is 0.547. The van der Waals surface area contributed by atoms with E-state index < -0.39 is 10.0 Å². The monoisotopic (exact) mass is 271 g/mol. The average Bonchev–Trinajstić information content (AvgIpc) is 2.34. The molecular weight excluding hydrogens is 254 g/mol. The molecule has 1 aromatic carbocycles. The number of ether oxygens (including phenoxy) is 1. The van der Waals surface area contributed by atoms with Crippen molar-refractivity contribution in [3.63, 3.8) is 0 Å². The van der Waals surface area contributed by atoms with Gasteiger partial charge >= 0.3 is 0 Å². The van der Waals surface area contributed by atoms with Gasteiger partial charge < -0.3 is 9.84 Å². The van der Waals surface area contributed by atoms with Gasteiger partial charge in [0.1, 0.15) is 10.6 Å². The topological polar surface area (TPSA) is 75.6 Å². The summed E-state index contributed by atoms with van der Waals surface area (Å²) in [6.45, 7) is 0. The van der Waals surface area contributed by atoms with Gasteiger partial charge in [0.25, 0.3) is 0 Å². The molecule has 0 saturated heterocycles. The Hall–Kier alpha value is -1.11. The molecule has 0 bridgehead atoms. The van der Waals surface area contributed by atoms with Crippen molar-refractivity contribution in [2.75, 3.05) is 14.2 Å². The highest BCUT2D eigenvalue weighted by Crippen LogP contribution is 2.43. The van der Waals surface area contributed by atoms with E-state index in [-0.39, 0.29) is 16.9 Å². The predicted octanol–water partition coefficient (Wildman–Crippen LogP) is 0.842. The third kappa shape index (κ3) is 2.23. The normalized spacial score (nSPS) is 23.5. The molecule has 0 aliphatic heterocycles. The molecule has 0 spiro atoms. The number of methoxy groups -OCH3 is 1. The Morgan fingerprint density at radius 1 is 1.39 bits per heavy atom. The van der Waals surface area contributed by atoms with Crippen LogP contribution in [0, 0.1) is 0 Å². The van der Waals surface area contributed by atoms with Gasteiger partial charge in [-0.05, 0) is 37.4 Å². The molecule has 0 aromatic heterocycles. The SMILES string of the molecule is CNS(=O)(=O)c1cccc(C2CC(O)C2)c1OC. The number of hydrogen-bond acceptors (Lipinski definition) is 4. The van der Waals surface area contributed by atoms with E-state index in [4.69, 9.17) is 4.74 Å². The lowest BCUT2D eigenvalue weighted by molar-refractivity contribution is 0.0736. The second-order valence-corrected chi connectivity index (χ2v) is 6.26. The van der Waals surface area contributed by atoms with Gasteiger partial charge in [0.2, 0.25) is 10.0 Å². The molecule has 6 heteroatoms. The highest BCUT2D eigenvalue weighted by Gasteiger charge is 2.32. The first-order valence-electron chi connectivity index (χ1n) is 5.78. The van der Waals surface area contributed by atoms with Crippen molar-refractivity contribution in [1.82, 2.24) is 4.72 Å². The Balaban J connectivity index is 2.47. The Bertz CT molecular complexity index is 535. The maximum Gasteiger partial charge on any atom is 0.244 e. The van der Waals surface area contributed by atoms with Crippen LogP contribution in [0.25, 0.3) is 0 Å². The van der Waals surface area contributed by atoms with E-state index in [1.807, 2.05) is 6.07 Å². The van der Waals surface area contributed by atoms with Crippen molar-refractivity contribution in [2.45, 2.75) is 29.8 Å². The Morgan fingerprint density at radius 3 is 2.56 bits per heavy atom. The van der Waals surface area contributed by atoms with Crippen LogP contribution in [0.4, 0.5) is 0 Å². The zero-order valence-corrected chi connectivity index (χ0v) is 11.2. The minimum absolute atomic E-state index is 0.145. The second-order valence-electron chi connectivity index (χ2n) is 4.41. The predicted molar refractivity (Wildman–Crippen MR) is 67.2 cm³/mol. The first-order valence-corrected chi connectivity index (χ1v) is 7.26. The van der Waals surface area contributed by atoms with E-state index in [2.05, 4.69) is 4.72 Å². The van der Waals surface area contributed by atoms with Crippen LogP contribution in [-0.2, 0) is 10.0 Å². The molecule has 1 aliphatic rings. The first kappa shape index (κ1) is 13.3. The molecule has 2 N–H and O–H groups in total. The molecule has 0 atom stereocenters.